The van der Waals surface area contributed by atoms with Gasteiger partial charge in [0.25, 0.3) is 0 Å². The van der Waals surface area contributed by atoms with Crippen molar-refractivity contribution in [3.05, 3.63) is 17.8 Å². The summed E-state index contributed by atoms with van der Waals surface area (Å²) in [6.07, 6.45) is 3.70. The first-order valence-corrected chi connectivity index (χ1v) is 5.34. The molecular formula is C11H14N2O3. The summed E-state index contributed by atoms with van der Waals surface area (Å²) in [5.74, 6) is 0.799. The van der Waals surface area contributed by atoms with Crippen LogP contribution in [0.3, 0.4) is 0 Å². The molecule has 0 aromatic carbocycles. The molecule has 1 aliphatic rings. The quantitative estimate of drug-likeness (QED) is 0.705. The van der Waals surface area contributed by atoms with Crippen molar-refractivity contribution in [1.82, 2.24) is 10.2 Å². The number of hydrogen-bond acceptors (Lipinski definition) is 5. The maximum atomic E-state index is 11.1. The molecule has 0 amide bonds. The minimum atomic E-state index is -0.489. The van der Waals surface area contributed by atoms with Crippen molar-refractivity contribution in [2.45, 2.75) is 19.3 Å². The van der Waals surface area contributed by atoms with Gasteiger partial charge in [-0.1, -0.05) is 12.8 Å². The Morgan fingerprint density at radius 1 is 1.44 bits per heavy atom. The van der Waals surface area contributed by atoms with E-state index in [1.54, 1.807) is 12.1 Å². The summed E-state index contributed by atoms with van der Waals surface area (Å²) in [5.41, 5.74) is 0.192. The molecule has 1 fully saturated rings. The standard InChI is InChI=1S/C11H14N2O3/c1-15-11(14)9-4-5-10(13-12-9)16-7-6-8-2-3-8/h4-5,8H,2-3,6-7H2,1H3. The second kappa shape index (κ2) is 4.92. The lowest BCUT2D eigenvalue weighted by atomic mass is 10.3. The number of aromatic nitrogens is 2. The number of esters is 1. The van der Waals surface area contributed by atoms with Gasteiger partial charge in [-0.05, 0) is 18.4 Å². The van der Waals surface area contributed by atoms with Gasteiger partial charge in [-0.25, -0.2) is 4.79 Å². The van der Waals surface area contributed by atoms with E-state index in [0.717, 1.165) is 12.3 Å². The van der Waals surface area contributed by atoms with Gasteiger partial charge in [0.1, 0.15) is 0 Å². The van der Waals surface area contributed by atoms with Crippen molar-refractivity contribution >= 4 is 5.97 Å². The number of rotatable bonds is 5. The lowest BCUT2D eigenvalue weighted by Crippen LogP contribution is -2.07. The number of ether oxygens (including phenoxy) is 2. The molecule has 0 radical (unpaired) electrons. The molecule has 5 heteroatoms. The molecule has 0 saturated heterocycles. The molecule has 0 unspecified atom stereocenters. The first-order valence-electron chi connectivity index (χ1n) is 5.34. The topological polar surface area (TPSA) is 61.3 Å². The Morgan fingerprint density at radius 3 is 2.81 bits per heavy atom. The van der Waals surface area contributed by atoms with Gasteiger partial charge in [0, 0.05) is 6.07 Å². The van der Waals surface area contributed by atoms with Crippen LogP contribution in [0, 0.1) is 5.92 Å². The smallest absolute Gasteiger partial charge is 0.358 e. The number of carbonyl (C=O) groups is 1. The molecule has 1 aliphatic carbocycles. The molecule has 1 saturated carbocycles. The lowest BCUT2D eigenvalue weighted by molar-refractivity contribution is 0.0592. The third-order valence-electron chi connectivity index (χ3n) is 2.51. The van der Waals surface area contributed by atoms with Crippen molar-refractivity contribution in [1.29, 1.82) is 0 Å². The van der Waals surface area contributed by atoms with Crippen molar-refractivity contribution in [3.8, 4) is 5.88 Å². The van der Waals surface area contributed by atoms with Gasteiger partial charge in [-0.2, -0.15) is 0 Å². The molecule has 0 atom stereocenters. The zero-order chi connectivity index (χ0) is 11.4. The number of hydrogen-bond donors (Lipinski definition) is 0. The number of nitrogens with zero attached hydrogens (tertiary/aromatic N) is 2. The third-order valence-corrected chi connectivity index (χ3v) is 2.51. The first-order chi connectivity index (χ1) is 7.79. The Bertz CT molecular complexity index is 360. The van der Waals surface area contributed by atoms with Crippen molar-refractivity contribution in [3.63, 3.8) is 0 Å². The Hall–Kier alpha value is -1.65. The van der Waals surface area contributed by atoms with E-state index in [0.29, 0.717) is 12.5 Å². The van der Waals surface area contributed by atoms with Crippen LogP contribution in [0.1, 0.15) is 29.8 Å². The Morgan fingerprint density at radius 2 is 2.25 bits per heavy atom. The van der Waals surface area contributed by atoms with Gasteiger partial charge in [0.05, 0.1) is 13.7 Å². The molecule has 86 valence electrons. The first kappa shape index (κ1) is 10.9. The zero-order valence-electron chi connectivity index (χ0n) is 9.18. The fraction of sp³-hybridized carbons (Fsp3) is 0.545. The molecule has 2 rings (SSSR count). The summed E-state index contributed by atoms with van der Waals surface area (Å²) in [6.45, 7) is 0.664. The van der Waals surface area contributed by atoms with Crippen LogP contribution in [0.4, 0.5) is 0 Å². The fourth-order valence-corrected chi connectivity index (χ4v) is 1.35. The lowest BCUT2D eigenvalue weighted by Gasteiger charge is -2.03. The normalized spacial score (nSPS) is 14.6. The van der Waals surface area contributed by atoms with E-state index in [9.17, 15) is 4.79 Å². The highest BCUT2D eigenvalue weighted by Gasteiger charge is 2.20. The minimum absolute atomic E-state index is 0.192. The van der Waals surface area contributed by atoms with Crippen molar-refractivity contribution in [2.24, 2.45) is 5.92 Å². The highest BCUT2D eigenvalue weighted by atomic mass is 16.5. The van der Waals surface area contributed by atoms with E-state index in [2.05, 4.69) is 14.9 Å². The van der Waals surface area contributed by atoms with E-state index < -0.39 is 5.97 Å². The average Bonchev–Trinajstić information content (AvgIpc) is 3.13. The largest absolute Gasteiger partial charge is 0.477 e. The highest BCUT2D eigenvalue weighted by molar-refractivity contribution is 5.86. The van der Waals surface area contributed by atoms with Gasteiger partial charge in [0.15, 0.2) is 5.69 Å². The van der Waals surface area contributed by atoms with Gasteiger partial charge >= 0.3 is 5.97 Å². The van der Waals surface area contributed by atoms with E-state index in [1.165, 1.54) is 20.0 Å². The maximum absolute atomic E-state index is 11.1. The molecule has 1 aromatic rings. The van der Waals surface area contributed by atoms with Gasteiger partial charge in [-0.15, -0.1) is 10.2 Å². The van der Waals surface area contributed by atoms with E-state index in [1.807, 2.05) is 0 Å². The maximum Gasteiger partial charge on any atom is 0.358 e. The van der Waals surface area contributed by atoms with Crippen molar-refractivity contribution in [2.75, 3.05) is 13.7 Å². The molecule has 0 N–H and O–H groups in total. The Labute approximate surface area is 93.8 Å². The van der Waals surface area contributed by atoms with Crippen molar-refractivity contribution < 1.29 is 14.3 Å². The molecule has 0 spiro atoms. The minimum Gasteiger partial charge on any atom is -0.477 e. The number of carbonyl (C=O) groups excluding carboxylic acids is 1. The van der Waals surface area contributed by atoms with Crippen LogP contribution in [-0.2, 0) is 4.74 Å². The second-order valence-corrected chi connectivity index (χ2v) is 3.83. The summed E-state index contributed by atoms with van der Waals surface area (Å²) in [4.78, 5) is 11.1. The third kappa shape index (κ3) is 2.92. The SMILES string of the molecule is COC(=O)c1ccc(OCCC2CC2)nn1. The van der Waals surface area contributed by atoms with Gasteiger partial charge in [-0.3, -0.25) is 0 Å². The van der Waals surface area contributed by atoms with Crippen LogP contribution < -0.4 is 4.74 Å². The predicted molar refractivity (Wildman–Crippen MR) is 56.2 cm³/mol. The molecule has 16 heavy (non-hydrogen) atoms. The predicted octanol–water partition coefficient (Wildman–Crippen LogP) is 1.44. The van der Waals surface area contributed by atoms with Crippen LogP contribution in [0.15, 0.2) is 12.1 Å². The Kier molecular flexibility index (Phi) is 3.34. The molecule has 1 aromatic heterocycles. The van der Waals surface area contributed by atoms with Gasteiger partial charge < -0.3 is 9.47 Å². The fourth-order valence-electron chi connectivity index (χ4n) is 1.35. The summed E-state index contributed by atoms with van der Waals surface area (Å²) in [7, 11) is 1.31. The van der Waals surface area contributed by atoms with Crippen LogP contribution in [0.2, 0.25) is 0 Å². The van der Waals surface area contributed by atoms with Crippen LogP contribution >= 0.6 is 0 Å². The van der Waals surface area contributed by atoms with Gasteiger partial charge in [0.2, 0.25) is 5.88 Å². The molecule has 5 nitrogen and oxygen atoms in total. The summed E-state index contributed by atoms with van der Waals surface area (Å²) >= 11 is 0. The van der Waals surface area contributed by atoms with Crippen LogP contribution in [0.25, 0.3) is 0 Å². The summed E-state index contributed by atoms with van der Waals surface area (Å²) in [5, 5.41) is 7.51. The number of methoxy groups -OCH3 is 1. The molecule has 0 aliphatic heterocycles. The summed E-state index contributed by atoms with van der Waals surface area (Å²) < 4.78 is 9.91. The van der Waals surface area contributed by atoms with E-state index in [4.69, 9.17) is 4.74 Å². The summed E-state index contributed by atoms with van der Waals surface area (Å²) in [6, 6.07) is 3.18. The second-order valence-electron chi connectivity index (χ2n) is 3.83. The van der Waals surface area contributed by atoms with Crippen LogP contribution in [-0.4, -0.2) is 29.9 Å². The zero-order valence-corrected chi connectivity index (χ0v) is 9.18. The monoisotopic (exact) mass is 222 g/mol. The molecule has 0 bridgehead atoms. The van der Waals surface area contributed by atoms with Crippen LogP contribution in [0.5, 0.6) is 5.88 Å². The van der Waals surface area contributed by atoms with E-state index >= 15 is 0 Å². The molecule has 1 heterocycles. The highest BCUT2D eigenvalue weighted by Crippen LogP contribution is 2.32. The Balaban J connectivity index is 1.83. The average molecular weight is 222 g/mol. The van der Waals surface area contributed by atoms with E-state index in [-0.39, 0.29) is 5.69 Å². The molecular weight excluding hydrogens is 208 g/mol.